The lowest BCUT2D eigenvalue weighted by Gasteiger charge is -2.24. The number of halogens is 2. The fourth-order valence-electron chi connectivity index (χ4n) is 3.90. The summed E-state index contributed by atoms with van der Waals surface area (Å²) in [5, 5.41) is 12.9. The van der Waals surface area contributed by atoms with E-state index in [9.17, 15) is 9.59 Å². The van der Waals surface area contributed by atoms with E-state index in [1.165, 1.54) is 18.9 Å². The second-order valence-electron chi connectivity index (χ2n) is 7.72. The monoisotopic (exact) mass is 519 g/mol. The first-order valence-electron chi connectivity index (χ1n) is 10.6. The number of methoxy groups -OCH3 is 1. The van der Waals surface area contributed by atoms with Gasteiger partial charge < -0.3 is 19.5 Å². The quantitative estimate of drug-likeness (QED) is 0.449. The van der Waals surface area contributed by atoms with Crippen LogP contribution in [0.25, 0.3) is 0 Å². The standard InChI is InChI=1S/C23H23Cl2N5O3S/c1-29-21(18-8-5-11-30(18)22(32)15-6-3-4-7-16(15)25)27-28-23(29)34-13-20(31)26-17-12-14(24)9-10-19(17)33-2/h3-4,6-7,9-10,12,18H,5,8,11,13H2,1-2H3,(H,26,31). The maximum Gasteiger partial charge on any atom is 0.255 e. The highest BCUT2D eigenvalue weighted by atomic mass is 35.5. The van der Waals surface area contributed by atoms with Crippen molar-refractivity contribution in [3.05, 3.63) is 63.9 Å². The summed E-state index contributed by atoms with van der Waals surface area (Å²) in [6.07, 6.45) is 1.64. The molecule has 11 heteroatoms. The number of rotatable bonds is 7. The van der Waals surface area contributed by atoms with E-state index in [2.05, 4.69) is 15.5 Å². The Morgan fingerprint density at radius 1 is 1.21 bits per heavy atom. The second kappa shape index (κ2) is 10.7. The molecule has 2 aromatic carbocycles. The van der Waals surface area contributed by atoms with Crippen LogP contribution in [-0.4, -0.2) is 50.9 Å². The van der Waals surface area contributed by atoms with Gasteiger partial charge in [-0.2, -0.15) is 0 Å². The zero-order valence-electron chi connectivity index (χ0n) is 18.6. The summed E-state index contributed by atoms with van der Waals surface area (Å²) >= 11 is 13.5. The van der Waals surface area contributed by atoms with Gasteiger partial charge in [-0.15, -0.1) is 10.2 Å². The molecule has 1 aromatic heterocycles. The van der Waals surface area contributed by atoms with E-state index in [4.69, 9.17) is 27.9 Å². The van der Waals surface area contributed by atoms with Gasteiger partial charge >= 0.3 is 0 Å². The smallest absolute Gasteiger partial charge is 0.255 e. The van der Waals surface area contributed by atoms with Crippen LogP contribution in [0, 0.1) is 0 Å². The van der Waals surface area contributed by atoms with E-state index in [0.29, 0.717) is 44.6 Å². The maximum absolute atomic E-state index is 13.1. The van der Waals surface area contributed by atoms with Crippen molar-refractivity contribution in [3.63, 3.8) is 0 Å². The number of nitrogens with zero attached hydrogens (tertiary/aromatic N) is 4. The number of carbonyl (C=O) groups excluding carboxylic acids is 2. The normalized spacial score (nSPS) is 15.4. The van der Waals surface area contributed by atoms with Gasteiger partial charge in [-0.05, 0) is 43.2 Å². The van der Waals surface area contributed by atoms with Crippen molar-refractivity contribution < 1.29 is 14.3 Å². The van der Waals surface area contributed by atoms with Crippen molar-refractivity contribution in [2.45, 2.75) is 24.0 Å². The fourth-order valence-corrected chi connectivity index (χ4v) is 5.01. The number of hydrogen-bond acceptors (Lipinski definition) is 6. The van der Waals surface area contributed by atoms with E-state index < -0.39 is 0 Å². The molecule has 1 fully saturated rings. The summed E-state index contributed by atoms with van der Waals surface area (Å²) in [6, 6.07) is 11.8. The number of carbonyl (C=O) groups is 2. The average molecular weight is 520 g/mol. The lowest BCUT2D eigenvalue weighted by atomic mass is 10.1. The molecule has 2 amide bonds. The Balaban J connectivity index is 1.43. The summed E-state index contributed by atoms with van der Waals surface area (Å²) in [5.74, 6) is 0.964. The Kier molecular flexibility index (Phi) is 7.65. The molecule has 0 bridgehead atoms. The predicted octanol–water partition coefficient (Wildman–Crippen LogP) is 4.84. The second-order valence-corrected chi connectivity index (χ2v) is 9.50. The number of aromatic nitrogens is 3. The fraction of sp³-hybridized carbons (Fsp3) is 0.304. The molecule has 178 valence electrons. The zero-order chi connectivity index (χ0) is 24.2. The molecule has 0 saturated carbocycles. The Morgan fingerprint density at radius 3 is 2.76 bits per heavy atom. The molecule has 1 atom stereocenters. The summed E-state index contributed by atoms with van der Waals surface area (Å²) in [7, 11) is 3.36. The van der Waals surface area contributed by atoms with Gasteiger partial charge in [0, 0.05) is 18.6 Å². The van der Waals surface area contributed by atoms with Crippen LogP contribution >= 0.6 is 35.0 Å². The summed E-state index contributed by atoms with van der Waals surface area (Å²) in [4.78, 5) is 27.4. The highest BCUT2D eigenvalue weighted by Gasteiger charge is 2.34. The SMILES string of the molecule is COc1ccc(Cl)cc1NC(=O)CSc1nnc(C2CCCN2C(=O)c2ccccc2Cl)n1C. The molecule has 8 nitrogen and oxygen atoms in total. The Hall–Kier alpha value is -2.75. The molecule has 1 saturated heterocycles. The van der Waals surface area contributed by atoms with Crippen molar-refractivity contribution >= 4 is 52.5 Å². The van der Waals surface area contributed by atoms with Gasteiger partial charge in [0.1, 0.15) is 5.75 Å². The van der Waals surface area contributed by atoms with Crippen LogP contribution in [0.2, 0.25) is 10.0 Å². The first-order valence-corrected chi connectivity index (χ1v) is 12.3. The molecule has 1 unspecified atom stereocenters. The van der Waals surface area contributed by atoms with Gasteiger partial charge in [0.05, 0.1) is 35.2 Å². The Labute approximate surface area is 211 Å². The minimum Gasteiger partial charge on any atom is -0.495 e. The molecule has 3 aromatic rings. The third kappa shape index (κ3) is 5.16. The van der Waals surface area contributed by atoms with Crippen molar-refractivity contribution in [2.75, 3.05) is 24.7 Å². The topological polar surface area (TPSA) is 89.3 Å². The number of benzene rings is 2. The van der Waals surface area contributed by atoms with Crippen LogP contribution in [0.5, 0.6) is 5.75 Å². The Bertz CT molecular complexity index is 1220. The van der Waals surface area contributed by atoms with Crippen LogP contribution in [0.4, 0.5) is 5.69 Å². The lowest BCUT2D eigenvalue weighted by Crippen LogP contribution is -2.32. The van der Waals surface area contributed by atoms with Crippen molar-refractivity contribution in [2.24, 2.45) is 7.05 Å². The van der Waals surface area contributed by atoms with Crippen molar-refractivity contribution in [3.8, 4) is 5.75 Å². The van der Waals surface area contributed by atoms with Crippen LogP contribution in [0.15, 0.2) is 47.6 Å². The van der Waals surface area contributed by atoms with Crippen LogP contribution in [-0.2, 0) is 11.8 Å². The van der Waals surface area contributed by atoms with E-state index in [1.807, 2.05) is 11.6 Å². The van der Waals surface area contributed by atoms with Gasteiger partial charge in [0.25, 0.3) is 5.91 Å². The molecule has 1 aliphatic rings. The van der Waals surface area contributed by atoms with E-state index in [-0.39, 0.29) is 23.6 Å². The molecule has 34 heavy (non-hydrogen) atoms. The number of thioether (sulfide) groups is 1. The van der Waals surface area contributed by atoms with Crippen LogP contribution in [0.1, 0.15) is 35.1 Å². The third-order valence-corrected chi connectivity index (χ3v) is 7.14. The third-order valence-electron chi connectivity index (χ3n) is 5.55. The molecular formula is C23H23Cl2N5O3S. The van der Waals surface area contributed by atoms with Crippen LogP contribution in [0.3, 0.4) is 0 Å². The number of anilines is 1. The van der Waals surface area contributed by atoms with Gasteiger partial charge in [-0.25, -0.2) is 0 Å². The molecule has 4 rings (SSSR count). The molecule has 0 radical (unpaired) electrons. The van der Waals surface area contributed by atoms with Crippen molar-refractivity contribution in [1.82, 2.24) is 19.7 Å². The molecule has 0 aliphatic carbocycles. The lowest BCUT2D eigenvalue weighted by molar-refractivity contribution is -0.113. The van der Waals surface area contributed by atoms with Crippen molar-refractivity contribution in [1.29, 1.82) is 0 Å². The molecular weight excluding hydrogens is 497 g/mol. The van der Waals surface area contributed by atoms with Crippen LogP contribution < -0.4 is 10.1 Å². The predicted molar refractivity (Wildman–Crippen MR) is 133 cm³/mol. The molecule has 0 spiro atoms. The Morgan fingerprint density at radius 2 is 2.00 bits per heavy atom. The van der Waals surface area contributed by atoms with E-state index in [1.54, 1.807) is 47.4 Å². The first-order chi connectivity index (χ1) is 16.4. The molecule has 1 N–H and O–H groups in total. The summed E-state index contributed by atoms with van der Waals surface area (Å²) < 4.78 is 7.10. The number of hydrogen-bond donors (Lipinski definition) is 1. The largest absolute Gasteiger partial charge is 0.495 e. The average Bonchev–Trinajstić information content (AvgIpc) is 3.44. The zero-order valence-corrected chi connectivity index (χ0v) is 21.0. The number of likely N-dealkylation sites (tertiary alicyclic amines) is 1. The highest BCUT2D eigenvalue weighted by molar-refractivity contribution is 7.99. The first kappa shape index (κ1) is 24.4. The van der Waals surface area contributed by atoms with E-state index >= 15 is 0 Å². The summed E-state index contributed by atoms with van der Waals surface area (Å²) in [6.45, 7) is 0.619. The number of nitrogens with one attached hydrogen (secondary N) is 1. The molecule has 2 heterocycles. The number of amides is 2. The highest BCUT2D eigenvalue weighted by Crippen LogP contribution is 2.34. The van der Waals surface area contributed by atoms with Gasteiger partial charge in [0.15, 0.2) is 11.0 Å². The maximum atomic E-state index is 13.1. The van der Waals surface area contributed by atoms with Gasteiger partial charge in [-0.1, -0.05) is 47.1 Å². The molecule has 1 aliphatic heterocycles. The summed E-state index contributed by atoms with van der Waals surface area (Å²) in [5.41, 5.74) is 0.972. The van der Waals surface area contributed by atoms with E-state index in [0.717, 1.165) is 12.8 Å². The van der Waals surface area contributed by atoms with Gasteiger partial charge in [-0.3, -0.25) is 9.59 Å². The number of ether oxygens (including phenoxy) is 1. The minimum atomic E-state index is -0.230. The minimum absolute atomic E-state index is 0.120. The van der Waals surface area contributed by atoms with Gasteiger partial charge in [0.2, 0.25) is 5.91 Å².